The average Bonchev–Trinajstić information content (AvgIpc) is 2.48. The van der Waals surface area contributed by atoms with Crippen molar-refractivity contribution in [3.8, 4) is 0 Å². The lowest BCUT2D eigenvalue weighted by Gasteiger charge is -2.09. The summed E-state index contributed by atoms with van der Waals surface area (Å²) in [6.07, 6.45) is 1.18. The number of rotatable bonds is 4. The molecule has 3 amide bonds. The lowest BCUT2D eigenvalue weighted by atomic mass is 10.2. The monoisotopic (exact) mass is 281 g/mol. The van der Waals surface area contributed by atoms with Gasteiger partial charge in [-0.05, 0) is 36.4 Å². The Morgan fingerprint density at radius 1 is 0.810 bits per heavy atom. The molecule has 0 aliphatic heterocycles. The van der Waals surface area contributed by atoms with Gasteiger partial charge < -0.3 is 16.0 Å². The molecule has 5 nitrogen and oxygen atoms in total. The highest BCUT2D eigenvalue weighted by Gasteiger charge is 2.03. The standard InChI is InChI=1S/C16H15N3O2/c1-2-15(20)17-13-9-6-10-14(11-13)19-16(21)18-12-7-4-3-5-8-12/h2-11H,1H2,(H,17,20)(H2,18,19,21). The quantitative estimate of drug-likeness (QED) is 0.751. The normalized spacial score (nSPS) is 9.52. The third-order valence-corrected chi connectivity index (χ3v) is 2.61. The predicted molar refractivity (Wildman–Crippen MR) is 84.4 cm³/mol. The number of anilines is 3. The third kappa shape index (κ3) is 4.50. The number of para-hydroxylation sites is 1. The predicted octanol–water partition coefficient (Wildman–Crippen LogP) is 3.46. The fourth-order valence-electron chi connectivity index (χ4n) is 1.68. The summed E-state index contributed by atoms with van der Waals surface area (Å²) in [5.74, 6) is -0.305. The first kappa shape index (κ1) is 14.3. The zero-order valence-corrected chi connectivity index (χ0v) is 11.3. The second-order valence-electron chi connectivity index (χ2n) is 4.22. The molecular formula is C16H15N3O2. The lowest BCUT2D eigenvalue weighted by molar-refractivity contribution is -0.111. The van der Waals surface area contributed by atoms with Gasteiger partial charge in [0.05, 0.1) is 0 Å². The molecule has 0 atom stereocenters. The van der Waals surface area contributed by atoms with Gasteiger partial charge in [-0.1, -0.05) is 30.8 Å². The number of hydrogen-bond acceptors (Lipinski definition) is 2. The number of nitrogens with one attached hydrogen (secondary N) is 3. The van der Waals surface area contributed by atoms with Gasteiger partial charge in [0.2, 0.25) is 5.91 Å². The molecule has 21 heavy (non-hydrogen) atoms. The van der Waals surface area contributed by atoms with Crippen molar-refractivity contribution in [1.29, 1.82) is 0 Å². The van der Waals surface area contributed by atoms with E-state index < -0.39 is 0 Å². The molecule has 0 aliphatic rings. The van der Waals surface area contributed by atoms with Crippen molar-refractivity contribution in [2.45, 2.75) is 0 Å². The highest BCUT2D eigenvalue weighted by molar-refractivity contribution is 6.01. The van der Waals surface area contributed by atoms with Gasteiger partial charge in [0.25, 0.3) is 0 Å². The Bertz CT molecular complexity index is 654. The van der Waals surface area contributed by atoms with E-state index in [4.69, 9.17) is 0 Å². The number of hydrogen-bond donors (Lipinski definition) is 3. The van der Waals surface area contributed by atoms with Crippen molar-refractivity contribution in [1.82, 2.24) is 0 Å². The minimum atomic E-state index is -0.353. The van der Waals surface area contributed by atoms with Crippen LogP contribution in [0.3, 0.4) is 0 Å². The third-order valence-electron chi connectivity index (χ3n) is 2.61. The minimum absolute atomic E-state index is 0.305. The van der Waals surface area contributed by atoms with Gasteiger partial charge in [-0.25, -0.2) is 4.79 Å². The van der Waals surface area contributed by atoms with Gasteiger partial charge in [0.15, 0.2) is 0 Å². The molecule has 2 aromatic carbocycles. The Morgan fingerprint density at radius 2 is 1.38 bits per heavy atom. The van der Waals surface area contributed by atoms with Gasteiger partial charge in [-0.3, -0.25) is 4.79 Å². The molecule has 0 spiro atoms. The van der Waals surface area contributed by atoms with E-state index >= 15 is 0 Å². The maximum absolute atomic E-state index is 11.8. The zero-order chi connectivity index (χ0) is 15.1. The van der Waals surface area contributed by atoms with Crippen molar-refractivity contribution < 1.29 is 9.59 Å². The first-order valence-corrected chi connectivity index (χ1v) is 6.34. The van der Waals surface area contributed by atoms with Gasteiger partial charge in [0.1, 0.15) is 0 Å². The number of urea groups is 1. The fourth-order valence-corrected chi connectivity index (χ4v) is 1.68. The van der Waals surface area contributed by atoms with Crippen LogP contribution in [0.4, 0.5) is 21.9 Å². The second-order valence-corrected chi connectivity index (χ2v) is 4.22. The van der Waals surface area contributed by atoms with Crippen LogP contribution in [0.25, 0.3) is 0 Å². The summed E-state index contributed by atoms with van der Waals surface area (Å²) in [6, 6.07) is 15.6. The molecule has 5 heteroatoms. The van der Waals surface area contributed by atoms with E-state index in [-0.39, 0.29) is 11.9 Å². The molecule has 0 aromatic heterocycles. The van der Waals surface area contributed by atoms with Crippen molar-refractivity contribution >= 4 is 29.0 Å². The number of benzene rings is 2. The number of amides is 3. The largest absolute Gasteiger partial charge is 0.323 e. The van der Waals surface area contributed by atoms with E-state index in [1.807, 2.05) is 18.2 Å². The second kappa shape index (κ2) is 6.91. The van der Waals surface area contributed by atoms with Gasteiger partial charge >= 0.3 is 6.03 Å². The molecule has 106 valence electrons. The van der Waals surface area contributed by atoms with Gasteiger partial charge in [-0.2, -0.15) is 0 Å². The summed E-state index contributed by atoms with van der Waals surface area (Å²) in [5.41, 5.74) is 1.86. The van der Waals surface area contributed by atoms with E-state index in [0.717, 1.165) is 0 Å². The SMILES string of the molecule is C=CC(=O)Nc1cccc(NC(=O)Nc2ccccc2)c1. The lowest BCUT2D eigenvalue weighted by Crippen LogP contribution is -2.19. The summed E-state index contributed by atoms with van der Waals surface area (Å²) in [7, 11) is 0. The van der Waals surface area contributed by atoms with E-state index in [1.54, 1.807) is 36.4 Å². The molecule has 0 unspecified atom stereocenters. The van der Waals surface area contributed by atoms with Crippen molar-refractivity contribution in [2.24, 2.45) is 0 Å². The molecule has 0 radical (unpaired) electrons. The van der Waals surface area contributed by atoms with E-state index in [2.05, 4.69) is 22.5 Å². The van der Waals surface area contributed by atoms with Crippen LogP contribution in [-0.4, -0.2) is 11.9 Å². The van der Waals surface area contributed by atoms with Crippen molar-refractivity contribution in [3.63, 3.8) is 0 Å². The van der Waals surface area contributed by atoms with E-state index in [9.17, 15) is 9.59 Å². The van der Waals surface area contributed by atoms with Crippen LogP contribution in [0, 0.1) is 0 Å². The minimum Gasteiger partial charge on any atom is -0.322 e. The average molecular weight is 281 g/mol. The van der Waals surface area contributed by atoms with Crippen LogP contribution < -0.4 is 16.0 Å². The summed E-state index contributed by atoms with van der Waals surface area (Å²) < 4.78 is 0. The maximum Gasteiger partial charge on any atom is 0.323 e. The summed E-state index contributed by atoms with van der Waals surface area (Å²) in [6.45, 7) is 3.38. The summed E-state index contributed by atoms with van der Waals surface area (Å²) in [5, 5.41) is 8.03. The van der Waals surface area contributed by atoms with Crippen LogP contribution in [0.5, 0.6) is 0 Å². The van der Waals surface area contributed by atoms with Crippen LogP contribution in [0.15, 0.2) is 67.3 Å². The summed E-state index contributed by atoms with van der Waals surface area (Å²) >= 11 is 0. The van der Waals surface area contributed by atoms with Crippen LogP contribution in [-0.2, 0) is 4.79 Å². The highest BCUT2D eigenvalue weighted by atomic mass is 16.2. The first-order chi connectivity index (χ1) is 10.2. The fraction of sp³-hybridized carbons (Fsp3) is 0. The Hall–Kier alpha value is -3.08. The van der Waals surface area contributed by atoms with Gasteiger partial charge in [-0.15, -0.1) is 0 Å². The molecule has 3 N–H and O–H groups in total. The molecular weight excluding hydrogens is 266 g/mol. The number of carbonyl (C=O) groups is 2. The molecule has 0 saturated heterocycles. The van der Waals surface area contributed by atoms with E-state index in [1.165, 1.54) is 6.08 Å². The Kier molecular flexibility index (Phi) is 4.71. The van der Waals surface area contributed by atoms with Crippen molar-refractivity contribution in [2.75, 3.05) is 16.0 Å². The Balaban J connectivity index is 1.99. The topological polar surface area (TPSA) is 70.2 Å². The van der Waals surface area contributed by atoms with Crippen LogP contribution in [0.1, 0.15) is 0 Å². The van der Waals surface area contributed by atoms with Crippen LogP contribution in [0.2, 0.25) is 0 Å². The maximum atomic E-state index is 11.8. The molecule has 2 rings (SSSR count). The number of carbonyl (C=O) groups excluding carboxylic acids is 2. The first-order valence-electron chi connectivity index (χ1n) is 6.34. The van der Waals surface area contributed by atoms with E-state index in [0.29, 0.717) is 17.1 Å². The Labute approximate surface area is 122 Å². The molecule has 0 aliphatic carbocycles. The van der Waals surface area contributed by atoms with Crippen LogP contribution >= 0.6 is 0 Å². The van der Waals surface area contributed by atoms with Crippen molar-refractivity contribution in [3.05, 3.63) is 67.3 Å². The highest BCUT2D eigenvalue weighted by Crippen LogP contribution is 2.15. The molecule has 0 bridgehead atoms. The Morgan fingerprint density at radius 3 is 2.05 bits per heavy atom. The smallest absolute Gasteiger partial charge is 0.322 e. The van der Waals surface area contributed by atoms with Gasteiger partial charge in [0, 0.05) is 17.1 Å². The molecule has 0 heterocycles. The summed E-state index contributed by atoms with van der Waals surface area (Å²) in [4.78, 5) is 23.1. The molecule has 0 fully saturated rings. The zero-order valence-electron chi connectivity index (χ0n) is 11.3. The molecule has 2 aromatic rings. The molecule has 0 saturated carbocycles.